The predicted molar refractivity (Wildman–Crippen MR) is 94.8 cm³/mol. The van der Waals surface area contributed by atoms with Crippen molar-refractivity contribution in [3.05, 3.63) is 57.6 Å². The Morgan fingerprint density at radius 2 is 1.85 bits per heavy atom. The molecule has 0 fully saturated rings. The van der Waals surface area contributed by atoms with Gasteiger partial charge in [-0.25, -0.2) is 8.57 Å². The molecular formula is C17H17F3N2O4S. The number of alkyl halides is 3. The van der Waals surface area contributed by atoms with E-state index < -0.39 is 27.4 Å². The molecule has 1 unspecified atom stereocenters. The average molecular weight is 402 g/mol. The number of nitro benzene ring substituents is 1. The molecule has 0 radical (unpaired) electrons. The molecule has 0 aliphatic carbocycles. The van der Waals surface area contributed by atoms with Crippen LogP contribution in [0.5, 0.6) is 11.5 Å². The second-order valence-electron chi connectivity index (χ2n) is 5.94. The molecule has 0 saturated heterocycles. The molecule has 146 valence electrons. The Balaban J connectivity index is 2.35. The highest BCUT2D eigenvalue weighted by molar-refractivity contribution is 7.93. The largest absolute Gasteiger partial charge is 0.457 e. The minimum atomic E-state index is -4.54. The lowest BCUT2D eigenvalue weighted by Crippen LogP contribution is -2.14. The Morgan fingerprint density at radius 1 is 1.19 bits per heavy atom. The number of rotatable bonds is 5. The van der Waals surface area contributed by atoms with Crippen LogP contribution in [0.4, 0.5) is 18.9 Å². The number of hydrogen-bond donors (Lipinski definition) is 0. The first kappa shape index (κ1) is 20.7. The Morgan fingerprint density at radius 3 is 2.44 bits per heavy atom. The van der Waals surface area contributed by atoms with Crippen LogP contribution in [0.2, 0.25) is 0 Å². The molecule has 0 aromatic heterocycles. The van der Waals surface area contributed by atoms with Crippen molar-refractivity contribution in [3.8, 4) is 11.5 Å². The van der Waals surface area contributed by atoms with Crippen LogP contribution >= 0.6 is 0 Å². The van der Waals surface area contributed by atoms with E-state index in [0.29, 0.717) is 16.9 Å². The van der Waals surface area contributed by atoms with Gasteiger partial charge in [-0.3, -0.25) is 10.1 Å². The van der Waals surface area contributed by atoms with Crippen molar-refractivity contribution in [3.63, 3.8) is 0 Å². The SMILES string of the molecule is Cc1cc([N+](=O)[O-])c(C)cc1Oc1cccc(S(C)(=O)=NCC(F)(F)F)c1. The summed E-state index contributed by atoms with van der Waals surface area (Å²) in [6.45, 7) is 1.69. The third-order valence-electron chi connectivity index (χ3n) is 3.65. The van der Waals surface area contributed by atoms with Crippen molar-refractivity contribution in [1.29, 1.82) is 0 Å². The molecule has 27 heavy (non-hydrogen) atoms. The second-order valence-corrected chi connectivity index (χ2v) is 8.28. The molecule has 0 N–H and O–H groups in total. The van der Waals surface area contributed by atoms with Crippen LogP contribution in [0.25, 0.3) is 0 Å². The summed E-state index contributed by atoms with van der Waals surface area (Å²) in [4.78, 5) is 10.6. The predicted octanol–water partition coefficient (Wildman–Crippen LogP) is 5.02. The highest BCUT2D eigenvalue weighted by Crippen LogP contribution is 2.32. The van der Waals surface area contributed by atoms with Gasteiger partial charge in [0, 0.05) is 17.9 Å². The third kappa shape index (κ3) is 5.43. The summed E-state index contributed by atoms with van der Waals surface area (Å²) in [5, 5.41) is 11.0. The van der Waals surface area contributed by atoms with E-state index in [1.54, 1.807) is 19.9 Å². The van der Waals surface area contributed by atoms with E-state index in [1.807, 2.05) is 0 Å². The molecule has 0 aliphatic heterocycles. The van der Waals surface area contributed by atoms with Gasteiger partial charge >= 0.3 is 6.18 Å². The molecule has 0 bridgehead atoms. The molecule has 6 nitrogen and oxygen atoms in total. The lowest BCUT2D eigenvalue weighted by atomic mass is 10.1. The smallest absolute Gasteiger partial charge is 0.408 e. The number of aryl methyl sites for hydroxylation is 2. The van der Waals surface area contributed by atoms with Gasteiger partial charge in [0.2, 0.25) is 0 Å². The zero-order chi connectivity index (χ0) is 20.4. The van der Waals surface area contributed by atoms with Crippen molar-refractivity contribution >= 4 is 15.4 Å². The molecule has 2 aromatic carbocycles. The standard InChI is InChI=1S/C17H17F3N2O4S/c1-11-8-16(12(2)7-15(11)22(23)24)26-13-5-4-6-14(9-13)27(3,25)21-10-17(18,19)20/h4-9H,10H2,1-3H3. The fourth-order valence-corrected chi connectivity index (χ4v) is 3.46. The first-order valence-corrected chi connectivity index (χ1v) is 9.59. The van der Waals surface area contributed by atoms with Crippen LogP contribution in [0.15, 0.2) is 45.7 Å². The normalized spacial score (nSPS) is 13.7. The Kier molecular flexibility index (Phi) is 5.79. The zero-order valence-corrected chi connectivity index (χ0v) is 15.6. The summed E-state index contributed by atoms with van der Waals surface area (Å²) < 4.78 is 58.5. The van der Waals surface area contributed by atoms with Gasteiger partial charge in [-0.15, -0.1) is 0 Å². The van der Waals surface area contributed by atoms with Crippen LogP contribution in [-0.2, 0) is 9.73 Å². The quantitative estimate of drug-likeness (QED) is 0.519. The summed E-state index contributed by atoms with van der Waals surface area (Å²) in [5.74, 6) is 0.589. The zero-order valence-electron chi connectivity index (χ0n) is 14.7. The molecule has 0 spiro atoms. The Bertz CT molecular complexity index is 996. The maximum absolute atomic E-state index is 12.5. The topological polar surface area (TPSA) is 81.8 Å². The summed E-state index contributed by atoms with van der Waals surface area (Å²) >= 11 is 0. The van der Waals surface area contributed by atoms with Crippen molar-refractivity contribution < 1.29 is 27.0 Å². The number of halogens is 3. The van der Waals surface area contributed by atoms with Crippen molar-refractivity contribution in [2.24, 2.45) is 4.36 Å². The van der Waals surface area contributed by atoms with E-state index in [4.69, 9.17) is 4.74 Å². The summed E-state index contributed by atoms with van der Waals surface area (Å²) in [5.41, 5.74) is 0.865. The van der Waals surface area contributed by atoms with E-state index in [1.165, 1.54) is 30.3 Å². The van der Waals surface area contributed by atoms with E-state index in [2.05, 4.69) is 4.36 Å². The third-order valence-corrected chi connectivity index (χ3v) is 5.40. The van der Waals surface area contributed by atoms with E-state index in [-0.39, 0.29) is 16.3 Å². The Hall–Kier alpha value is -2.62. The van der Waals surface area contributed by atoms with Gasteiger partial charge in [0.05, 0.1) is 19.5 Å². The molecule has 10 heteroatoms. The maximum Gasteiger partial charge on any atom is 0.408 e. The van der Waals surface area contributed by atoms with Crippen LogP contribution in [0.3, 0.4) is 0 Å². The Labute approximate surface area is 154 Å². The maximum atomic E-state index is 12.5. The van der Waals surface area contributed by atoms with Gasteiger partial charge in [0.15, 0.2) is 0 Å². The molecule has 0 saturated carbocycles. The van der Waals surface area contributed by atoms with E-state index in [9.17, 15) is 27.5 Å². The molecule has 1 atom stereocenters. The summed E-state index contributed by atoms with van der Waals surface area (Å²) in [7, 11) is -3.26. The number of nitrogens with zero attached hydrogens (tertiary/aromatic N) is 2. The number of ether oxygens (including phenoxy) is 1. The van der Waals surface area contributed by atoms with E-state index in [0.717, 1.165) is 6.26 Å². The van der Waals surface area contributed by atoms with Crippen LogP contribution in [0, 0.1) is 24.0 Å². The summed E-state index contributed by atoms with van der Waals surface area (Å²) in [6.07, 6.45) is -3.42. The number of nitro groups is 1. The minimum Gasteiger partial charge on any atom is -0.457 e. The lowest BCUT2D eigenvalue weighted by molar-refractivity contribution is -0.385. The van der Waals surface area contributed by atoms with Crippen molar-refractivity contribution in [2.75, 3.05) is 12.8 Å². The number of hydrogen-bond acceptors (Lipinski definition) is 5. The summed E-state index contributed by atoms with van der Waals surface area (Å²) in [6, 6.07) is 8.65. The number of benzene rings is 2. The van der Waals surface area contributed by atoms with Gasteiger partial charge < -0.3 is 4.74 Å². The van der Waals surface area contributed by atoms with Gasteiger partial charge in [0.1, 0.15) is 18.0 Å². The van der Waals surface area contributed by atoms with Crippen LogP contribution < -0.4 is 4.74 Å². The molecule has 0 heterocycles. The first-order chi connectivity index (χ1) is 12.4. The fourth-order valence-electron chi connectivity index (χ4n) is 2.25. The van der Waals surface area contributed by atoms with Crippen LogP contribution in [0.1, 0.15) is 11.1 Å². The molecule has 0 aliphatic rings. The average Bonchev–Trinajstić information content (AvgIpc) is 2.55. The van der Waals surface area contributed by atoms with Gasteiger partial charge in [-0.2, -0.15) is 13.2 Å². The highest BCUT2D eigenvalue weighted by Gasteiger charge is 2.27. The minimum absolute atomic E-state index is 0.0453. The highest BCUT2D eigenvalue weighted by atomic mass is 32.2. The molecular weight excluding hydrogens is 385 g/mol. The van der Waals surface area contributed by atoms with Crippen molar-refractivity contribution in [1.82, 2.24) is 0 Å². The van der Waals surface area contributed by atoms with Gasteiger partial charge in [-0.05, 0) is 43.7 Å². The lowest BCUT2D eigenvalue weighted by Gasteiger charge is -2.12. The van der Waals surface area contributed by atoms with Gasteiger partial charge in [0.25, 0.3) is 5.69 Å². The van der Waals surface area contributed by atoms with Crippen molar-refractivity contribution in [2.45, 2.75) is 24.9 Å². The molecule has 0 amide bonds. The fraction of sp³-hybridized carbons (Fsp3) is 0.294. The second kappa shape index (κ2) is 7.55. The van der Waals surface area contributed by atoms with Crippen LogP contribution in [-0.4, -0.2) is 28.1 Å². The van der Waals surface area contributed by atoms with Gasteiger partial charge in [-0.1, -0.05) is 6.07 Å². The molecule has 2 aromatic rings. The first-order valence-electron chi connectivity index (χ1n) is 7.67. The monoisotopic (exact) mass is 402 g/mol. The van der Waals surface area contributed by atoms with E-state index >= 15 is 0 Å². The molecule has 2 rings (SSSR count).